The van der Waals surface area contributed by atoms with Crippen LogP contribution in [0, 0.1) is 0 Å². The van der Waals surface area contributed by atoms with E-state index in [1.807, 2.05) is 7.05 Å². The second-order valence-electron chi connectivity index (χ2n) is 5.99. The first-order valence-electron chi connectivity index (χ1n) is 8.38. The molecule has 0 saturated carbocycles. The van der Waals surface area contributed by atoms with E-state index < -0.39 is 0 Å². The van der Waals surface area contributed by atoms with Gasteiger partial charge in [0.05, 0.1) is 13.2 Å². The van der Waals surface area contributed by atoms with Gasteiger partial charge in [-0.05, 0) is 25.2 Å². The standard InChI is InChI=1S/C17H23N5O4/c1-18-15(23)10-25-13-5-4-11(8-14(13)24-3)17-20-16(21-26-17)12-9-19-6-7-22(12)2/h4-5,8,12,19H,6-7,9-10H2,1-3H3,(H,18,23). The predicted octanol–water partition coefficient (Wildman–Crippen LogP) is 0.446. The summed E-state index contributed by atoms with van der Waals surface area (Å²) in [5.74, 6) is 1.80. The molecule has 0 aliphatic carbocycles. The van der Waals surface area contributed by atoms with Gasteiger partial charge in [-0.15, -0.1) is 0 Å². The largest absolute Gasteiger partial charge is 0.493 e. The fraction of sp³-hybridized carbons (Fsp3) is 0.471. The van der Waals surface area contributed by atoms with E-state index in [9.17, 15) is 4.79 Å². The number of nitrogens with zero attached hydrogens (tertiary/aromatic N) is 3. The monoisotopic (exact) mass is 361 g/mol. The Morgan fingerprint density at radius 3 is 3.04 bits per heavy atom. The molecule has 0 radical (unpaired) electrons. The van der Waals surface area contributed by atoms with Gasteiger partial charge in [-0.3, -0.25) is 9.69 Å². The molecule has 1 aliphatic rings. The van der Waals surface area contributed by atoms with Crippen LogP contribution in [0.3, 0.4) is 0 Å². The molecule has 1 aromatic carbocycles. The van der Waals surface area contributed by atoms with Crippen LogP contribution in [0.1, 0.15) is 11.9 Å². The zero-order valence-corrected chi connectivity index (χ0v) is 15.1. The predicted molar refractivity (Wildman–Crippen MR) is 94.1 cm³/mol. The second-order valence-corrected chi connectivity index (χ2v) is 5.99. The van der Waals surface area contributed by atoms with Gasteiger partial charge >= 0.3 is 0 Å². The third kappa shape index (κ3) is 3.94. The molecule has 1 atom stereocenters. The van der Waals surface area contributed by atoms with Crippen molar-refractivity contribution < 1.29 is 18.8 Å². The SMILES string of the molecule is CNC(=O)COc1ccc(-c2nc(C3CNCCN3C)no2)cc1OC. The number of amides is 1. The number of ether oxygens (including phenoxy) is 2. The van der Waals surface area contributed by atoms with Gasteiger partial charge in [-0.1, -0.05) is 5.16 Å². The molecule has 26 heavy (non-hydrogen) atoms. The Labute approximate surface area is 151 Å². The summed E-state index contributed by atoms with van der Waals surface area (Å²) in [5, 5.41) is 9.96. The molecule has 1 aromatic heterocycles. The molecule has 3 rings (SSSR count). The zero-order chi connectivity index (χ0) is 18.5. The van der Waals surface area contributed by atoms with Crippen LogP contribution in [0.15, 0.2) is 22.7 Å². The van der Waals surface area contributed by atoms with Crippen molar-refractivity contribution in [3.8, 4) is 23.0 Å². The highest BCUT2D eigenvalue weighted by atomic mass is 16.5. The van der Waals surface area contributed by atoms with Gasteiger partial charge in [0.25, 0.3) is 11.8 Å². The van der Waals surface area contributed by atoms with Crippen LogP contribution < -0.4 is 20.1 Å². The van der Waals surface area contributed by atoms with Crippen LogP contribution in [-0.2, 0) is 4.79 Å². The van der Waals surface area contributed by atoms with Crippen molar-refractivity contribution in [3.05, 3.63) is 24.0 Å². The number of rotatable bonds is 6. The Hall–Kier alpha value is -2.65. The van der Waals surface area contributed by atoms with Crippen molar-refractivity contribution in [1.29, 1.82) is 0 Å². The smallest absolute Gasteiger partial charge is 0.258 e. The summed E-state index contributed by atoms with van der Waals surface area (Å²) in [6, 6.07) is 5.34. The molecule has 1 saturated heterocycles. The summed E-state index contributed by atoms with van der Waals surface area (Å²) < 4.78 is 16.2. The third-order valence-electron chi connectivity index (χ3n) is 4.30. The first-order valence-corrected chi connectivity index (χ1v) is 8.38. The molecule has 2 aromatic rings. The van der Waals surface area contributed by atoms with E-state index in [0.717, 1.165) is 25.2 Å². The van der Waals surface area contributed by atoms with Gasteiger partial charge in [0.15, 0.2) is 23.9 Å². The van der Waals surface area contributed by atoms with E-state index >= 15 is 0 Å². The number of nitrogens with one attached hydrogen (secondary N) is 2. The maximum Gasteiger partial charge on any atom is 0.258 e. The van der Waals surface area contributed by atoms with Crippen molar-refractivity contribution in [1.82, 2.24) is 25.7 Å². The van der Waals surface area contributed by atoms with Gasteiger partial charge in [-0.2, -0.15) is 4.98 Å². The first-order chi connectivity index (χ1) is 12.6. The summed E-state index contributed by atoms with van der Waals surface area (Å²) in [5.41, 5.74) is 0.722. The van der Waals surface area contributed by atoms with Crippen molar-refractivity contribution in [2.75, 3.05) is 47.4 Å². The Bertz CT molecular complexity index is 763. The van der Waals surface area contributed by atoms with Crippen LogP contribution in [-0.4, -0.2) is 68.4 Å². The highest BCUT2D eigenvalue weighted by molar-refractivity contribution is 5.77. The number of aromatic nitrogens is 2. The number of methoxy groups -OCH3 is 1. The van der Waals surface area contributed by atoms with E-state index in [4.69, 9.17) is 14.0 Å². The lowest BCUT2D eigenvalue weighted by Crippen LogP contribution is -2.44. The van der Waals surface area contributed by atoms with Crippen molar-refractivity contribution >= 4 is 5.91 Å². The lowest BCUT2D eigenvalue weighted by atomic mass is 10.2. The summed E-state index contributed by atoms with van der Waals surface area (Å²) in [6.07, 6.45) is 0. The average molecular weight is 361 g/mol. The molecule has 1 unspecified atom stereocenters. The molecule has 0 bridgehead atoms. The molecular weight excluding hydrogens is 338 g/mol. The van der Waals surface area contributed by atoms with Crippen molar-refractivity contribution in [3.63, 3.8) is 0 Å². The van der Waals surface area contributed by atoms with Gasteiger partial charge in [0.1, 0.15) is 0 Å². The molecule has 2 heterocycles. The molecule has 140 valence electrons. The minimum atomic E-state index is -0.220. The highest BCUT2D eigenvalue weighted by Crippen LogP contribution is 2.32. The lowest BCUT2D eigenvalue weighted by Gasteiger charge is -2.30. The molecule has 9 heteroatoms. The van der Waals surface area contributed by atoms with Crippen LogP contribution >= 0.6 is 0 Å². The fourth-order valence-corrected chi connectivity index (χ4v) is 2.72. The Morgan fingerprint density at radius 1 is 1.46 bits per heavy atom. The summed E-state index contributed by atoms with van der Waals surface area (Å²) in [7, 11) is 5.13. The summed E-state index contributed by atoms with van der Waals surface area (Å²) in [4.78, 5) is 18.1. The van der Waals surface area contributed by atoms with Gasteiger partial charge in [0.2, 0.25) is 0 Å². The number of benzene rings is 1. The minimum Gasteiger partial charge on any atom is -0.493 e. The third-order valence-corrected chi connectivity index (χ3v) is 4.30. The zero-order valence-electron chi connectivity index (χ0n) is 15.1. The second kappa shape index (κ2) is 8.15. The fourth-order valence-electron chi connectivity index (χ4n) is 2.72. The van der Waals surface area contributed by atoms with E-state index in [1.54, 1.807) is 25.2 Å². The first kappa shape index (κ1) is 18.2. The summed E-state index contributed by atoms with van der Waals surface area (Å²) >= 11 is 0. The molecule has 0 spiro atoms. The van der Waals surface area contributed by atoms with E-state index in [1.165, 1.54) is 7.11 Å². The maximum absolute atomic E-state index is 11.3. The van der Waals surface area contributed by atoms with Crippen molar-refractivity contribution in [2.45, 2.75) is 6.04 Å². The quantitative estimate of drug-likeness (QED) is 0.765. The number of carbonyl (C=O) groups excluding carboxylic acids is 1. The maximum atomic E-state index is 11.3. The number of likely N-dealkylation sites (N-methyl/N-ethyl adjacent to an activating group) is 2. The number of piperazine rings is 1. The van der Waals surface area contributed by atoms with Crippen LogP contribution in [0.5, 0.6) is 11.5 Å². The van der Waals surface area contributed by atoms with Crippen LogP contribution in [0.25, 0.3) is 11.5 Å². The number of hydrogen-bond acceptors (Lipinski definition) is 8. The Balaban J connectivity index is 1.78. The van der Waals surface area contributed by atoms with Crippen molar-refractivity contribution in [2.24, 2.45) is 0 Å². The highest BCUT2D eigenvalue weighted by Gasteiger charge is 2.25. The molecule has 9 nitrogen and oxygen atoms in total. The number of hydrogen-bond donors (Lipinski definition) is 2. The number of carbonyl (C=O) groups is 1. The molecule has 1 amide bonds. The van der Waals surface area contributed by atoms with E-state index in [-0.39, 0.29) is 18.6 Å². The van der Waals surface area contributed by atoms with Crippen LogP contribution in [0.2, 0.25) is 0 Å². The van der Waals surface area contributed by atoms with Gasteiger partial charge < -0.3 is 24.6 Å². The molecule has 1 aliphatic heterocycles. The molecule has 2 N–H and O–H groups in total. The van der Waals surface area contributed by atoms with E-state index in [2.05, 4.69) is 25.7 Å². The minimum absolute atomic E-state index is 0.0818. The normalized spacial score (nSPS) is 17.7. The molecule has 1 fully saturated rings. The Kier molecular flexibility index (Phi) is 5.69. The van der Waals surface area contributed by atoms with Gasteiger partial charge in [0, 0.05) is 32.2 Å². The molecular formula is C17H23N5O4. The van der Waals surface area contributed by atoms with E-state index in [0.29, 0.717) is 23.2 Å². The lowest BCUT2D eigenvalue weighted by molar-refractivity contribution is -0.122. The van der Waals surface area contributed by atoms with Crippen LogP contribution in [0.4, 0.5) is 0 Å². The van der Waals surface area contributed by atoms with Gasteiger partial charge in [-0.25, -0.2) is 0 Å². The topological polar surface area (TPSA) is 102 Å². The Morgan fingerprint density at radius 2 is 2.31 bits per heavy atom. The average Bonchev–Trinajstić information content (AvgIpc) is 3.16. The summed E-state index contributed by atoms with van der Waals surface area (Å²) in [6.45, 7) is 2.58.